The number of rotatable bonds is 2. The molecule has 1 rings (SSSR count). The second-order valence-electron chi connectivity index (χ2n) is 2.24. The number of hydrogen-bond donors (Lipinski definition) is 2. The van der Waals surface area contributed by atoms with Crippen LogP contribution < -0.4 is 9.86 Å². The van der Waals surface area contributed by atoms with Gasteiger partial charge in [0.25, 0.3) is 10.2 Å². The van der Waals surface area contributed by atoms with Gasteiger partial charge in [-0.2, -0.15) is 8.42 Å². The van der Waals surface area contributed by atoms with E-state index in [-0.39, 0.29) is 10.7 Å². The minimum Gasteiger partial charge on any atom is -0.267 e. The summed E-state index contributed by atoms with van der Waals surface area (Å²) in [6.45, 7) is 0. The summed E-state index contributed by atoms with van der Waals surface area (Å²) >= 11 is 5.51. The SMILES string of the molecule is NS(=O)(=O)Nc1c(F)cccc1Cl. The van der Waals surface area contributed by atoms with Crippen LogP contribution in [0.4, 0.5) is 10.1 Å². The second kappa shape index (κ2) is 3.49. The van der Waals surface area contributed by atoms with Gasteiger partial charge >= 0.3 is 0 Å². The lowest BCUT2D eigenvalue weighted by atomic mass is 10.3. The first-order valence-corrected chi connectivity index (χ1v) is 5.07. The summed E-state index contributed by atoms with van der Waals surface area (Å²) in [7, 11) is -4.00. The Labute approximate surface area is 79.7 Å². The predicted molar refractivity (Wildman–Crippen MR) is 48.1 cm³/mol. The van der Waals surface area contributed by atoms with Gasteiger partial charge in [-0.1, -0.05) is 17.7 Å². The molecule has 0 spiro atoms. The lowest BCUT2D eigenvalue weighted by Crippen LogP contribution is -2.22. The van der Waals surface area contributed by atoms with E-state index >= 15 is 0 Å². The molecule has 0 aliphatic rings. The fraction of sp³-hybridized carbons (Fsp3) is 0. The zero-order valence-corrected chi connectivity index (χ0v) is 7.86. The van der Waals surface area contributed by atoms with Crippen molar-refractivity contribution in [1.82, 2.24) is 0 Å². The summed E-state index contributed by atoms with van der Waals surface area (Å²) in [5.41, 5.74) is -0.341. The maximum atomic E-state index is 12.9. The number of para-hydroxylation sites is 1. The Morgan fingerprint density at radius 3 is 2.54 bits per heavy atom. The van der Waals surface area contributed by atoms with E-state index in [1.807, 2.05) is 0 Å². The topological polar surface area (TPSA) is 72.2 Å². The fourth-order valence-electron chi connectivity index (χ4n) is 0.738. The molecule has 0 atom stereocenters. The number of halogens is 2. The van der Waals surface area contributed by atoms with Crippen LogP contribution in [0.3, 0.4) is 0 Å². The Bertz CT molecular complexity index is 400. The summed E-state index contributed by atoms with van der Waals surface area (Å²) in [6.07, 6.45) is 0. The third-order valence-corrected chi connectivity index (χ3v) is 2.01. The number of benzene rings is 1. The average Bonchev–Trinajstić information content (AvgIpc) is 1.95. The second-order valence-corrected chi connectivity index (χ2v) is 3.95. The highest BCUT2D eigenvalue weighted by Crippen LogP contribution is 2.24. The minimum absolute atomic E-state index is 0.0472. The molecule has 1 aromatic carbocycles. The quantitative estimate of drug-likeness (QED) is 0.790. The van der Waals surface area contributed by atoms with E-state index in [1.54, 1.807) is 4.72 Å². The normalized spacial score (nSPS) is 11.3. The Morgan fingerprint density at radius 1 is 1.46 bits per heavy atom. The van der Waals surface area contributed by atoms with E-state index in [2.05, 4.69) is 5.14 Å². The van der Waals surface area contributed by atoms with Crippen molar-refractivity contribution < 1.29 is 12.8 Å². The minimum atomic E-state index is -4.00. The van der Waals surface area contributed by atoms with Crippen molar-refractivity contribution in [2.45, 2.75) is 0 Å². The van der Waals surface area contributed by atoms with Gasteiger partial charge < -0.3 is 0 Å². The third kappa shape index (κ3) is 2.83. The molecule has 0 fully saturated rings. The monoisotopic (exact) mass is 224 g/mol. The van der Waals surface area contributed by atoms with Crippen molar-refractivity contribution in [2.75, 3.05) is 4.72 Å². The summed E-state index contributed by atoms with van der Waals surface area (Å²) < 4.78 is 35.8. The smallest absolute Gasteiger partial charge is 0.267 e. The van der Waals surface area contributed by atoms with Gasteiger partial charge in [-0.15, -0.1) is 0 Å². The molecule has 0 heterocycles. The van der Waals surface area contributed by atoms with Gasteiger partial charge in [-0.3, -0.25) is 4.72 Å². The van der Waals surface area contributed by atoms with Crippen LogP contribution in [-0.4, -0.2) is 8.42 Å². The summed E-state index contributed by atoms with van der Waals surface area (Å²) in [4.78, 5) is 0. The molecular formula is C6H6ClFN2O2S. The van der Waals surface area contributed by atoms with Gasteiger partial charge in [0.15, 0.2) is 0 Å². The third-order valence-electron chi connectivity index (χ3n) is 1.21. The van der Waals surface area contributed by atoms with E-state index in [0.717, 1.165) is 6.07 Å². The van der Waals surface area contributed by atoms with Gasteiger partial charge in [0.1, 0.15) is 11.5 Å². The molecule has 72 valence electrons. The van der Waals surface area contributed by atoms with Crippen LogP contribution in [0.2, 0.25) is 5.02 Å². The molecule has 1 aromatic rings. The molecule has 0 aliphatic carbocycles. The molecule has 0 aromatic heterocycles. The maximum Gasteiger partial charge on any atom is 0.296 e. The van der Waals surface area contributed by atoms with Crippen molar-refractivity contribution in [1.29, 1.82) is 0 Å². The van der Waals surface area contributed by atoms with E-state index in [9.17, 15) is 12.8 Å². The van der Waals surface area contributed by atoms with Crippen LogP contribution in [0.1, 0.15) is 0 Å². The summed E-state index contributed by atoms with van der Waals surface area (Å²) in [6, 6.07) is 3.77. The van der Waals surface area contributed by atoms with Gasteiger partial charge in [-0.25, -0.2) is 9.53 Å². The first-order chi connectivity index (χ1) is 5.90. The molecule has 7 heteroatoms. The van der Waals surface area contributed by atoms with Crippen LogP contribution in [0.15, 0.2) is 18.2 Å². The fourth-order valence-corrected chi connectivity index (χ4v) is 1.50. The van der Waals surface area contributed by atoms with Crippen LogP contribution in [0.5, 0.6) is 0 Å². The van der Waals surface area contributed by atoms with E-state index in [1.165, 1.54) is 12.1 Å². The van der Waals surface area contributed by atoms with Crippen LogP contribution in [-0.2, 0) is 10.2 Å². The van der Waals surface area contributed by atoms with Crippen molar-refractivity contribution in [3.05, 3.63) is 29.0 Å². The summed E-state index contributed by atoms with van der Waals surface area (Å²) in [5.74, 6) is -0.776. The molecule has 0 unspecified atom stereocenters. The van der Waals surface area contributed by atoms with Gasteiger partial charge in [0, 0.05) is 0 Å². The molecular weight excluding hydrogens is 219 g/mol. The van der Waals surface area contributed by atoms with Crippen molar-refractivity contribution in [2.24, 2.45) is 5.14 Å². The molecule has 0 radical (unpaired) electrons. The lowest BCUT2D eigenvalue weighted by Gasteiger charge is -2.05. The zero-order valence-electron chi connectivity index (χ0n) is 6.29. The Morgan fingerprint density at radius 2 is 2.08 bits per heavy atom. The molecule has 3 N–H and O–H groups in total. The standard InChI is InChI=1S/C6H6ClFN2O2S/c7-4-2-1-3-5(8)6(4)10-13(9,11)12/h1-3,10H,(H2,9,11,12). The Balaban J connectivity index is 3.15. The summed E-state index contributed by atoms with van der Waals surface area (Å²) in [5, 5.41) is 4.59. The number of nitrogens with one attached hydrogen (secondary N) is 1. The molecule has 0 amide bonds. The van der Waals surface area contributed by atoms with Crippen molar-refractivity contribution >= 4 is 27.5 Å². The molecule has 0 aliphatic heterocycles. The molecule has 13 heavy (non-hydrogen) atoms. The Kier molecular flexibility index (Phi) is 2.74. The first kappa shape index (κ1) is 10.2. The van der Waals surface area contributed by atoms with Gasteiger partial charge in [-0.05, 0) is 12.1 Å². The highest BCUT2D eigenvalue weighted by molar-refractivity contribution is 7.90. The van der Waals surface area contributed by atoms with Gasteiger partial charge in [0.2, 0.25) is 0 Å². The first-order valence-electron chi connectivity index (χ1n) is 3.15. The lowest BCUT2D eigenvalue weighted by molar-refractivity contribution is 0.600. The maximum absolute atomic E-state index is 12.9. The van der Waals surface area contributed by atoms with Crippen molar-refractivity contribution in [3.63, 3.8) is 0 Å². The predicted octanol–water partition coefficient (Wildman–Crippen LogP) is 1.09. The largest absolute Gasteiger partial charge is 0.296 e. The Hall–Kier alpha value is -0.850. The highest BCUT2D eigenvalue weighted by atomic mass is 35.5. The average molecular weight is 225 g/mol. The number of hydrogen-bond acceptors (Lipinski definition) is 2. The molecule has 4 nitrogen and oxygen atoms in total. The van der Waals surface area contributed by atoms with Crippen LogP contribution in [0, 0.1) is 5.82 Å². The zero-order chi connectivity index (χ0) is 10.1. The molecule has 0 saturated heterocycles. The van der Waals surface area contributed by atoms with Crippen LogP contribution in [0.25, 0.3) is 0 Å². The molecule has 0 bridgehead atoms. The molecule has 0 saturated carbocycles. The van der Waals surface area contributed by atoms with E-state index < -0.39 is 16.0 Å². The van der Waals surface area contributed by atoms with E-state index in [4.69, 9.17) is 11.6 Å². The van der Waals surface area contributed by atoms with Gasteiger partial charge in [0.05, 0.1) is 5.02 Å². The number of nitrogens with two attached hydrogens (primary N) is 1. The highest BCUT2D eigenvalue weighted by Gasteiger charge is 2.10. The van der Waals surface area contributed by atoms with E-state index in [0.29, 0.717) is 0 Å². The number of anilines is 1. The van der Waals surface area contributed by atoms with Crippen LogP contribution >= 0.6 is 11.6 Å². The van der Waals surface area contributed by atoms with Crippen molar-refractivity contribution in [3.8, 4) is 0 Å².